The van der Waals surface area contributed by atoms with Gasteiger partial charge in [0.05, 0.1) is 5.69 Å². The highest BCUT2D eigenvalue weighted by Crippen LogP contribution is 2.28. The lowest BCUT2D eigenvalue weighted by Crippen LogP contribution is -2.47. The van der Waals surface area contributed by atoms with Gasteiger partial charge in [0.2, 0.25) is 0 Å². The van der Waals surface area contributed by atoms with E-state index in [9.17, 15) is 0 Å². The molecule has 0 N–H and O–H groups in total. The number of hydrogen-bond acceptors (Lipinski definition) is 5. The zero-order chi connectivity index (χ0) is 18.6. The van der Waals surface area contributed by atoms with E-state index in [1.165, 1.54) is 35.6 Å². The van der Waals surface area contributed by atoms with Gasteiger partial charge in [0, 0.05) is 57.8 Å². The Morgan fingerprint density at radius 2 is 1.70 bits per heavy atom. The molecule has 2 aromatic rings. The van der Waals surface area contributed by atoms with Gasteiger partial charge >= 0.3 is 0 Å². The van der Waals surface area contributed by atoms with Crippen LogP contribution < -0.4 is 4.90 Å². The Morgan fingerprint density at radius 1 is 0.926 bits per heavy atom. The van der Waals surface area contributed by atoms with Crippen LogP contribution in [-0.2, 0) is 19.5 Å². The molecule has 3 heterocycles. The molecule has 1 saturated heterocycles. The second-order valence-corrected chi connectivity index (χ2v) is 7.79. The predicted molar refractivity (Wildman–Crippen MR) is 110 cm³/mol. The summed E-state index contributed by atoms with van der Waals surface area (Å²) in [6.07, 6.45) is 2.25. The number of benzene rings is 1. The van der Waals surface area contributed by atoms with Gasteiger partial charge in [-0.2, -0.15) is 0 Å². The summed E-state index contributed by atoms with van der Waals surface area (Å²) in [4.78, 5) is 17.3. The van der Waals surface area contributed by atoms with E-state index in [-0.39, 0.29) is 0 Å². The van der Waals surface area contributed by atoms with Crippen molar-refractivity contribution in [2.24, 2.45) is 0 Å². The molecule has 2 aliphatic heterocycles. The molecule has 5 heteroatoms. The van der Waals surface area contributed by atoms with Crippen LogP contribution >= 0.6 is 0 Å². The van der Waals surface area contributed by atoms with Gasteiger partial charge in [0.15, 0.2) is 0 Å². The maximum absolute atomic E-state index is 4.89. The molecule has 1 fully saturated rings. The quantitative estimate of drug-likeness (QED) is 0.814. The summed E-state index contributed by atoms with van der Waals surface area (Å²) >= 11 is 0. The standard InChI is InChI=1S/C22H31N5/c1-3-10-25-12-14-27(15-13-25)22-20-17-26(16-19-7-5-4-6-8-19)11-9-21(20)23-18(2)24-22/h4-8H,3,9-17H2,1-2H3. The lowest BCUT2D eigenvalue weighted by molar-refractivity contribution is 0.240. The average Bonchev–Trinajstić information content (AvgIpc) is 2.69. The van der Waals surface area contributed by atoms with Crippen LogP contribution in [0.25, 0.3) is 0 Å². The van der Waals surface area contributed by atoms with Crippen LogP contribution in [0, 0.1) is 6.92 Å². The number of aryl methyl sites for hydroxylation is 1. The highest BCUT2D eigenvalue weighted by molar-refractivity contribution is 5.50. The molecule has 0 saturated carbocycles. The van der Waals surface area contributed by atoms with Crippen LogP contribution in [0.4, 0.5) is 5.82 Å². The average molecular weight is 366 g/mol. The number of aromatic nitrogens is 2. The topological polar surface area (TPSA) is 35.5 Å². The number of fused-ring (bicyclic) bond motifs is 1. The molecule has 0 unspecified atom stereocenters. The molecule has 2 aliphatic rings. The summed E-state index contributed by atoms with van der Waals surface area (Å²) in [7, 11) is 0. The lowest BCUT2D eigenvalue weighted by Gasteiger charge is -2.38. The van der Waals surface area contributed by atoms with Crippen LogP contribution in [0.1, 0.15) is 36.0 Å². The second kappa shape index (κ2) is 8.36. The van der Waals surface area contributed by atoms with Gasteiger partial charge in [-0.1, -0.05) is 37.3 Å². The minimum Gasteiger partial charge on any atom is -0.354 e. The van der Waals surface area contributed by atoms with Crippen molar-refractivity contribution >= 4 is 5.82 Å². The van der Waals surface area contributed by atoms with Crippen LogP contribution in [0.2, 0.25) is 0 Å². The van der Waals surface area contributed by atoms with Gasteiger partial charge in [0.25, 0.3) is 0 Å². The molecule has 144 valence electrons. The van der Waals surface area contributed by atoms with E-state index >= 15 is 0 Å². The van der Waals surface area contributed by atoms with Crippen molar-refractivity contribution in [3.8, 4) is 0 Å². The third-order valence-electron chi connectivity index (χ3n) is 5.69. The molecule has 4 rings (SSSR count). The Kier molecular flexibility index (Phi) is 5.69. The first-order valence-electron chi connectivity index (χ1n) is 10.3. The summed E-state index contributed by atoms with van der Waals surface area (Å²) in [5.74, 6) is 2.10. The lowest BCUT2D eigenvalue weighted by atomic mass is 10.0. The van der Waals surface area contributed by atoms with E-state index in [1.807, 2.05) is 6.92 Å². The molecule has 0 amide bonds. The molecular weight excluding hydrogens is 334 g/mol. The van der Waals surface area contributed by atoms with E-state index in [1.54, 1.807) is 0 Å². The van der Waals surface area contributed by atoms with E-state index in [0.29, 0.717) is 0 Å². The molecule has 27 heavy (non-hydrogen) atoms. The van der Waals surface area contributed by atoms with Gasteiger partial charge in [-0.15, -0.1) is 0 Å². The Morgan fingerprint density at radius 3 is 2.44 bits per heavy atom. The zero-order valence-electron chi connectivity index (χ0n) is 16.7. The summed E-state index contributed by atoms with van der Waals surface area (Å²) < 4.78 is 0. The zero-order valence-corrected chi connectivity index (χ0v) is 16.7. The summed E-state index contributed by atoms with van der Waals surface area (Å²) in [6, 6.07) is 10.8. The Labute approximate surface area is 163 Å². The smallest absolute Gasteiger partial charge is 0.137 e. The van der Waals surface area contributed by atoms with Gasteiger partial charge in [-0.25, -0.2) is 9.97 Å². The SMILES string of the molecule is CCCN1CCN(c2nc(C)nc3c2CN(Cc2ccccc2)CC3)CC1. The Hall–Kier alpha value is -1.98. The molecule has 0 bridgehead atoms. The number of nitrogens with zero attached hydrogens (tertiary/aromatic N) is 5. The first-order valence-corrected chi connectivity index (χ1v) is 10.3. The van der Waals surface area contributed by atoms with Crippen molar-refractivity contribution in [3.63, 3.8) is 0 Å². The maximum Gasteiger partial charge on any atom is 0.137 e. The van der Waals surface area contributed by atoms with Gasteiger partial charge < -0.3 is 4.90 Å². The van der Waals surface area contributed by atoms with Crippen LogP contribution in [0.5, 0.6) is 0 Å². The van der Waals surface area contributed by atoms with Gasteiger partial charge in [0.1, 0.15) is 11.6 Å². The summed E-state index contributed by atoms with van der Waals surface area (Å²) in [5, 5.41) is 0. The van der Waals surface area contributed by atoms with Crippen LogP contribution in [0.3, 0.4) is 0 Å². The third-order valence-corrected chi connectivity index (χ3v) is 5.69. The predicted octanol–water partition coefficient (Wildman–Crippen LogP) is 2.88. The molecule has 0 atom stereocenters. The first kappa shape index (κ1) is 18.4. The molecule has 1 aromatic carbocycles. The molecule has 0 aliphatic carbocycles. The normalized spacial score (nSPS) is 18.5. The number of anilines is 1. The van der Waals surface area contributed by atoms with E-state index in [4.69, 9.17) is 9.97 Å². The van der Waals surface area contributed by atoms with Crippen LogP contribution in [0.15, 0.2) is 30.3 Å². The van der Waals surface area contributed by atoms with Crippen molar-refractivity contribution in [3.05, 3.63) is 53.0 Å². The van der Waals surface area contributed by atoms with Crippen molar-refractivity contribution in [1.29, 1.82) is 0 Å². The Bertz CT molecular complexity index is 753. The molecule has 5 nitrogen and oxygen atoms in total. The molecule has 0 radical (unpaired) electrons. The maximum atomic E-state index is 4.89. The largest absolute Gasteiger partial charge is 0.354 e. The van der Waals surface area contributed by atoms with E-state index < -0.39 is 0 Å². The van der Waals surface area contributed by atoms with Gasteiger partial charge in [-0.05, 0) is 25.5 Å². The third kappa shape index (κ3) is 4.30. The first-order chi connectivity index (χ1) is 13.2. The fourth-order valence-corrected chi connectivity index (χ4v) is 4.31. The van der Waals surface area contributed by atoms with Crippen molar-refractivity contribution in [2.45, 2.75) is 39.8 Å². The monoisotopic (exact) mass is 365 g/mol. The minimum atomic E-state index is 0.913. The number of rotatable bonds is 5. The highest BCUT2D eigenvalue weighted by Gasteiger charge is 2.26. The fourth-order valence-electron chi connectivity index (χ4n) is 4.31. The van der Waals surface area contributed by atoms with Crippen LogP contribution in [-0.4, -0.2) is 59.0 Å². The summed E-state index contributed by atoms with van der Waals surface area (Å²) in [6.45, 7) is 12.9. The van der Waals surface area contributed by atoms with Crippen molar-refractivity contribution in [2.75, 3.05) is 44.2 Å². The second-order valence-electron chi connectivity index (χ2n) is 7.79. The summed E-state index contributed by atoms with van der Waals surface area (Å²) in [5.41, 5.74) is 3.99. The molecule has 1 aromatic heterocycles. The van der Waals surface area contributed by atoms with E-state index in [2.05, 4.69) is 52.0 Å². The minimum absolute atomic E-state index is 0.913. The van der Waals surface area contributed by atoms with Crippen molar-refractivity contribution < 1.29 is 0 Å². The molecule has 0 spiro atoms. The number of hydrogen-bond donors (Lipinski definition) is 0. The number of piperazine rings is 1. The van der Waals surface area contributed by atoms with Crippen molar-refractivity contribution in [1.82, 2.24) is 19.8 Å². The highest BCUT2D eigenvalue weighted by atomic mass is 15.3. The van der Waals surface area contributed by atoms with Gasteiger partial charge in [-0.3, -0.25) is 9.80 Å². The van der Waals surface area contributed by atoms with E-state index in [0.717, 1.165) is 58.1 Å². The Balaban J connectivity index is 1.52. The fraction of sp³-hybridized carbons (Fsp3) is 0.545. The molecular formula is C22H31N5.